The molecule has 1 aromatic rings. The van der Waals surface area contributed by atoms with Crippen LogP contribution in [0.4, 0.5) is 0 Å². The number of methoxy groups -OCH3 is 1. The molecular weight excluding hydrogens is 260 g/mol. The Labute approximate surface area is 121 Å². The molecule has 0 fully saturated rings. The first-order valence-corrected chi connectivity index (χ1v) is 7.55. The van der Waals surface area contributed by atoms with E-state index in [0.717, 1.165) is 25.9 Å². The molecule has 0 bridgehead atoms. The molecule has 19 heavy (non-hydrogen) atoms. The van der Waals surface area contributed by atoms with Crippen LogP contribution in [0.2, 0.25) is 0 Å². The molecule has 2 unspecified atom stereocenters. The minimum absolute atomic E-state index is 0.170. The van der Waals surface area contributed by atoms with Gasteiger partial charge in [-0.05, 0) is 42.7 Å². The molecule has 0 radical (unpaired) electrons. The molecule has 1 aliphatic rings. The molecule has 0 aromatic heterocycles. The molecule has 0 saturated carbocycles. The average molecular weight is 283 g/mol. The predicted octanol–water partition coefficient (Wildman–Crippen LogP) is 3.97. The maximum Gasteiger partial charge on any atom is 0.0700 e. The van der Waals surface area contributed by atoms with E-state index in [1.807, 2.05) is 0 Å². The zero-order valence-electron chi connectivity index (χ0n) is 11.6. The molecule has 2 rings (SSSR count). The molecule has 0 saturated heterocycles. The van der Waals surface area contributed by atoms with Crippen LogP contribution in [0.1, 0.15) is 35.8 Å². The van der Waals surface area contributed by atoms with Gasteiger partial charge in [-0.3, -0.25) is 0 Å². The van der Waals surface area contributed by atoms with Crippen molar-refractivity contribution in [1.29, 1.82) is 0 Å². The van der Waals surface area contributed by atoms with Crippen molar-refractivity contribution in [2.24, 2.45) is 5.92 Å². The number of alkyl halides is 1. The Bertz CT molecular complexity index is 381. The van der Waals surface area contributed by atoms with Crippen LogP contribution in [0.25, 0.3) is 0 Å². The van der Waals surface area contributed by atoms with E-state index < -0.39 is 0 Å². The third kappa shape index (κ3) is 4.20. The van der Waals surface area contributed by atoms with Crippen LogP contribution in [0, 0.1) is 5.92 Å². The first kappa shape index (κ1) is 14.8. The number of fused-ring (bicyclic) bond motifs is 1. The van der Waals surface area contributed by atoms with Gasteiger partial charge in [0.25, 0.3) is 0 Å². The molecule has 0 heterocycles. The van der Waals surface area contributed by atoms with E-state index in [0.29, 0.717) is 19.1 Å². The SMILES string of the molecule is COCCOCCCC1CCc2ccccc2C1Cl. The second-order valence-corrected chi connectivity index (χ2v) is 5.62. The maximum absolute atomic E-state index is 6.61. The Balaban J connectivity index is 1.74. The van der Waals surface area contributed by atoms with Crippen LogP contribution in [-0.2, 0) is 15.9 Å². The number of halogens is 1. The minimum atomic E-state index is 0.170. The van der Waals surface area contributed by atoms with Crippen molar-refractivity contribution in [3.63, 3.8) is 0 Å². The van der Waals surface area contributed by atoms with E-state index >= 15 is 0 Å². The topological polar surface area (TPSA) is 18.5 Å². The number of aryl methyl sites for hydroxylation is 1. The first-order chi connectivity index (χ1) is 9.33. The van der Waals surface area contributed by atoms with Crippen LogP contribution < -0.4 is 0 Å². The molecule has 3 heteroatoms. The second-order valence-electron chi connectivity index (χ2n) is 5.15. The van der Waals surface area contributed by atoms with E-state index in [2.05, 4.69) is 24.3 Å². The molecule has 1 aromatic carbocycles. The summed E-state index contributed by atoms with van der Waals surface area (Å²) < 4.78 is 10.5. The van der Waals surface area contributed by atoms with E-state index in [1.165, 1.54) is 17.5 Å². The van der Waals surface area contributed by atoms with Crippen molar-refractivity contribution in [2.75, 3.05) is 26.9 Å². The van der Waals surface area contributed by atoms with Gasteiger partial charge in [0.15, 0.2) is 0 Å². The van der Waals surface area contributed by atoms with Gasteiger partial charge in [-0.15, -0.1) is 11.6 Å². The minimum Gasteiger partial charge on any atom is -0.382 e. The van der Waals surface area contributed by atoms with Crippen molar-refractivity contribution >= 4 is 11.6 Å². The fraction of sp³-hybridized carbons (Fsp3) is 0.625. The Morgan fingerprint density at radius 2 is 2.05 bits per heavy atom. The summed E-state index contributed by atoms with van der Waals surface area (Å²) in [6.45, 7) is 2.17. The van der Waals surface area contributed by atoms with E-state index in [9.17, 15) is 0 Å². The van der Waals surface area contributed by atoms with E-state index in [-0.39, 0.29) is 5.38 Å². The van der Waals surface area contributed by atoms with Gasteiger partial charge < -0.3 is 9.47 Å². The largest absolute Gasteiger partial charge is 0.382 e. The Morgan fingerprint density at radius 1 is 1.21 bits per heavy atom. The van der Waals surface area contributed by atoms with Crippen LogP contribution in [0.5, 0.6) is 0 Å². The average Bonchev–Trinajstić information content (AvgIpc) is 2.45. The Morgan fingerprint density at radius 3 is 2.89 bits per heavy atom. The zero-order valence-corrected chi connectivity index (χ0v) is 12.4. The summed E-state index contributed by atoms with van der Waals surface area (Å²) in [6, 6.07) is 8.57. The van der Waals surface area contributed by atoms with Gasteiger partial charge >= 0.3 is 0 Å². The first-order valence-electron chi connectivity index (χ1n) is 7.11. The number of ether oxygens (including phenoxy) is 2. The summed E-state index contributed by atoms with van der Waals surface area (Å²) in [4.78, 5) is 0. The van der Waals surface area contributed by atoms with Gasteiger partial charge in [0, 0.05) is 13.7 Å². The lowest BCUT2D eigenvalue weighted by molar-refractivity contribution is 0.0668. The number of hydrogen-bond donors (Lipinski definition) is 0. The third-order valence-corrected chi connectivity index (χ3v) is 4.44. The van der Waals surface area contributed by atoms with Crippen molar-refractivity contribution in [1.82, 2.24) is 0 Å². The van der Waals surface area contributed by atoms with Crippen molar-refractivity contribution in [3.8, 4) is 0 Å². The number of benzene rings is 1. The molecule has 0 N–H and O–H groups in total. The number of rotatable bonds is 7. The normalized spacial score (nSPS) is 22.2. The fourth-order valence-electron chi connectivity index (χ4n) is 2.75. The Hall–Kier alpha value is -0.570. The standard InChI is InChI=1S/C16H23ClO2/c1-18-11-12-19-10-4-6-14-9-8-13-5-2-3-7-15(13)16(14)17/h2-3,5,7,14,16H,4,6,8-12H2,1H3. The summed E-state index contributed by atoms with van der Waals surface area (Å²) in [5.41, 5.74) is 2.76. The fourth-order valence-corrected chi connectivity index (χ4v) is 3.22. The summed E-state index contributed by atoms with van der Waals surface area (Å²) >= 11 is 6.61. The highest BCUT2D eigenvalue weighted by Crippen LogP contribution is 2.41. The predicted molar refractivity (Wildman–Crippen MR) is 78.8 cm³/mol. The van der Waals surface area contributed by atoms with Gasteiger partial charge in [0.05, 0.1) is 18.6 Å². The summed E-state index contributed by atoms with van der Waals surface area (Å²) in [5.74, 6) is 0.586. The molecule has 2 nitrogen and oxygen atoms in total. The molecule has 106 valence electrons. The lowest BCUT2D eigenvalue weighted by atomic mass is 9.81. The van der Waals surface area contributed by atoms with Gasteiger partial charge in [-0.2, -0.15) is 0 Å². The summed E-state index contributed by atoms with van der Waals surface area (Å²) in [7, 11) is 1.70. The smallest absolute Gasteiger partial charge is 0.0700 e. The molecule has 1 aliphatic carbocycles. The molecule has 2 atom stereocenters. The highest BCUT2D eigenvalue weighted by atomic mass is 35.5. The van der Waals surface area contributed by atoms with Gasteiger partial charge in [-0.25, -0.2) is 0 Å². The van der Waals surface area contributed by atoms with E-state index in [1.54, 1.807) is 7.11 Å². The van der Waals surface area contributed by atoms with Crippen molar-refractivity contribution < 1.29 is 9.47 Å². The third-order valence-electron chi connectivity index (χ3n) is 3.85. The second kappa shape index (κ2) is 7.88. The van der Waals surface area contributed by atoms with Gasteiger partial charge in [0.1, 0.15) is 0 Å². The zero-order chi connectivity index (χ0) is 13.5. The lowest BCUT2D eigenvalue weighted by Crippen LogP contribution is -2.17. The van der Waals surface area contributed by atoms with Crippen LogP contribution >= 0.6 is 11.6 Å². The van der Waals surface area contributed by atoms with Gasteiger partial charge in [-0.1, -0.05) is 24.3 Å². The lowest BCUT2D eigenvalue weighted by Gasteiger charge is -2.29. The van der Waals surface area contributed by atoms with Gasteiger partial charge in [0.2, 0.25) is 0 Å². The summed E-state index contributed by atoms with van der Waals surface area (Å²) in [6.07, 6.45) is 4.59. The van der Waals surface area contributed by atoms with E-state index in [4.69, 9.17) is 21.1 Å². The molecule has 0 amide bonds. The maximum atomic E-state index is 6.61. The highest BCUT2D eigenvalue weighted by Gasteiger charge is 2.26. The monoisotopic (exact) mass is 282 g/mol. The summed E-state index contributed by atoms with van der Waals surface area (Å²) in [5, 5.41) is 0.170. The molecule has 0 spiro atoms. The van der Waals surface area contributed by atoms with Crippen LogP contribution in [0.15, 0.2) is 24.3 Å². The van der Waals surface area contributed by atoms with Crippen molar-refractivity contribution in [3.05, 3.63) is 35.4 Å². The van der Waals surface area contributed by atoms with Crippen LogP contribution in [-0.4, -0.2) is 26.9 Å². The quantitative estimate of drug-likeness (QED) is 0.556. The van der Waals surface area contributed by atoms with Crippen molar-refractivity contribution in [2.45, 2.75) is 31.1 Å². The number of hydrogen-bond acceptors (Lipinski definition) is 2. The highest BCUT2D eigenvalue weighted by molar-refractivity contribution is 6.21. The van der Waals surface area contributed by atoms with Crippen LogP contribution in [0.3, 0.4) is 0 Å². The Kier molecular flexibility index (Phi) is 6.15. The molecule has 0 aliphatic heterocycles. The molecular formula is C16H23ClO2.